The van der Waals surface area contributed by atoms with Gasteiger partial charge in [-0.3, -0.25) is 13.6 Å². The number of rotatable bonds is 6. The maximum Gasteiger partial charge on any atom is 0.474 e. The van der Waals surface area contributed by atoms with Gasteiger partial charge in [-0.25, -0.2) is 9.36 Å². The van der Waals surface area contributed by atoms with E-state index < -0.39 is 49.8 Å². The molecule has 2 aliphatic rings. The molecule has 146 valence electrons. The first-order valence-electron chi connectivity index (χ1n) is 7.72. The molecule has 0 aliphatic carbocycles. The Morgan fingerprint density at radius 2 is 1.52 bits per heavy atom. The van der Waals surface area contributed by atoms with E-state index in [1.165, 1.54) is 14.2 Å². The highest BCUT2D eigenvalue weighted by Gasteiger charge is 2.56. The summed E-state index contributed by atoms with van der Waals surface area (Å²) in [5.41, 5.74) is 0. The molecule has 11 heteroatoms. The lowest BCUT2D eigenvalue weighted by Gasteiger charge is -2.52. The first kappa shape index (κ1) is 20.7. The molecule has 10 nitrogen and oxygen atoms in total. The topological polar surface area (TPSA) is 119 Å². The Morgan fingerprint density at radius 1 is 1.00 bits per heavy atom. The molecule has 0 aromatic carbocycles. The van der Waals surface area contributed by atoms with Gasteiger partial charge in [-0.1, -0.05) is 0 Å². The fraction of sp³-hybridized carbons (Fsp3) is 0.929. The summed E-state index contributed by atoms with van der Waals surface area (Å²) in [5, 5.41) is 9.48. The molecule has 2 aliphatic heterocycles. The number of carbonyl (C=O) groups is 1. The van der Waals surface area contributed by atoms with E-state index in [2.05, 4.69) is 0 Å². The summed E-state index contributed by atoms with van der Waals surface area (Å²) in [5.74, 6) is -3.48. The molecule has 0 amide bonds. The van der Waals surface area contributed by atoms with E-state index in [0.717, 1.165) is 0 Å². The highest BCUT2D eigenvalue weighted by Crippen LogP contribution is 2.48. The van der Waals surface area contributed by atoms with Crippen molar-refractivity contribution in [1.82, 2.24) is 0 Å². The van der Waals surface area contributed by atoms with Crippen molar-refractivity contribution in [2.75, 3.05) is 20.8 Å². The predicted octanol–water partition coefficient (Wildman–Crippen LogP) is 1.53. The molecule has 0 bridgehead atoms. The van der Waals surface area contributed by atoms with E-state index in [-0.39, 0.29) is 6.61 Å². The van der Waals surface area contributed by atoms with Gasteiger partial charge in [0.2, 0.25) is 0 Å². The normalized spacial score (nSPS) is 34.3. The third kappa shape index (κ3) is 4.78. The van der Waals surface area contributed by atoms with Crippen molar-refractivity contribution in [2.24, 2.45) is 0 Å². The first-order chi connectivity index (χ1) is 11.4. The highest BCUT2D eigenvalue weighted by atomic mass is 31.2. The molecule has 1 N–H and O–H groups in total. The summed E-state index contributed by atoms with van der Waals surface area (Å²) >= 11 is 0. The lowest BCUT2D eigenvalue weighted by molar-refractivity contribution is -0.420. The number of phosphoric acid groups is 1. The molecule has 2 fully saturated rings. The maximum absolute atomic E-state index is 12.1. The molecule has 0 aromatic rings. The Bertz CT molecular complexity index is 540. The fourth-order valence-corrected chi connectivity index (χ4v) is 3.52. The standard InChI is InChI=1S/C14H25O10P/c1-13(2)21-8(7-20-25(17,18-5)19-6)9-10(23-13)11(12(15)16)24-14(3,4)22-9/h8-11H,7H2,1-6H3,(H,15,16). The molecular weight excluding hydrogens is 359 g/mol. The Balaban J connectivity index is 2.25. The summed E-state index contributed by atoms with van der Waals surface area (Å²) in [7, 11) is -1.35. The second kappa shape index (κ2) is 7.21. The van der Waals surface area contributed by atoms with E-state index in [4.69, 9.17) is 32.5 Å². The highest BCUT2D eigenvalue weighted by molar-refractivity contribution is 7.48. The Kier molecular flexibility index (Phi) is 5.97. The Morgan fingerprint density at radius 3 is 2.04 bits per heavy atom. The number of carboxylic acids is 1. The van der Waals surface area contributed by atoms with Gasteiger partial charge in [-0.2, -0.15) is 0 Å². The number of carboxylic acid groups (broad SMARTS) is 1. The lowest BCUT2D eigenvalue weighted by atomic mass is 9.97. The van der Waals surface area contributed by atoms with E-state index in [0.29, 0.717) is 0 Å². The first-order valence-corrected chi connectivity index (χ1v) is 9.18. The van der Waals surface area contributed by atoms with Crippen LogP contribution in [-0.2, 0) is 41.9 Å². The smallest absolute Gasteiger partial charge is 0.474 e. The van der Waals surface area contributed by atoms with E-state index in [1.807, 2.05) is 0 Å². The summed E-state index contributed by atoms with van der Waals surface area (Å²) in [6, 6.07) is 0. The van der Waals surface area contributed by atoms with E-state index in [9.17, 15) is 14.5 Å². The summed E-state index contributed by atoms with van der Waals surface area (Å²) in [6.45, 7) is 6.22. The van der Waals surface area contributed by atoms with Crippen LogP contribution in [0, 0.1) is 0 Å². The number of fused-ring (bicyclic) bond motifs is 1. The number of hydrogen-bond acceptors (Lipinski definition) is 9. The van der Waals surface area contributed by atoms with Gasteiger partial charge in [0.15, 0.2) is 17.7 Å². The number of ether oxygens (including phenoxy) is 4. The molecule has 0 radical (unpaired) electrons. The van der Waals surface area contributed by atoms with Crippen molar-refractivity contribution in [1.29, 1.82) is 0 Å². The van der Waals surface area contributed by atoms with Crippen molar-refractivity contribution in [2.45, 2.75) is 63.7 Å². The molecule has 25 heavy (non-hydrogen) atoms. The van der Waals surface area contributed by atoms with E-state index in [1.54, 1.807) is 27.7 Å². The Hall–Kier alpha value is -0.580. The maximum atomic E-state index is 12.1. The van der Waals surface area contributed by atoms with Crippen LogP contribution in [0.1, 0.15) is 27.7 Å². The van der Waals surface area contributed by atoms with Crippen molar-refractivity contribution in [3.05, 3.63) is 0 Å². The zero-order valence-corrected chi connectivity index (χ0v) is 16.0. The van der Waals surface area contributed by atoms with Crippen LogP contribution in [0.5, 0.6) is 0 Å². The van der Waals surface area contributed by atoms with Crippen LogP contribution < -0.4 is 0 Å². The van der Waals surface area contributed by atoms with E-state index >= 15 is 0 Å². The number of phosphoric ester groups is 1. The van der Waals surface area contributed by atoms with Crippen LogP contribution in [0.15, 0.2) is 0 Å². The van der Waals surface area contributed by atoms with Gasteiger partial charge < -0.3 is 24.1 Å². The van der Waals surface area contributed by atoms with Crippen LogP contribution in [0.4, 0.5) is 0 Å². The summed E-state index contributed by atoms with van der Waals surface area (Å²) < 4.78 is 49.6. The average molecular weight is 384 g/mol. The molecule has 2 heterocycles. The molecular formula is C14H25O10P. The minimum atomic E-state index is -3.73. The third-order valence-corrected chi connectivity index (χ3v) is 5.12. The minimum Gasteiger partial charge on any atom is -0.479 e. The average Bonchev–Trinajstić information content (AvgIpc) is 2.51. The number of aliphatic carboxylic acids is 1. The Labute approximate surface area is 146 Å². The van der Waals surface area contributed by atoms with Crippen molar-refractivity contribution in [3.63, 3.8) is 0 Å². The lowest BCUT2D eigenvalue weighted by Crippen LogP contribution is -2.67. The van der Waals surface area contributed by atoms with Crippen LogP contribution in [0.25, 0.3) is 0 Å². The van der Waals surface area contributed by atoms with Gasteiger partial charge in [0, 0.05) is 14.2 Å². The number of hydrogen-bond donors (Lipinski definition) is 1. The zero-order chi connectivity index (χ0) is 19.0. The van der Waals surface area contributed by atoms with Crippen molar-refractivity contribution < 1.29 is 47.0 Å². The van der Waals surface area contributed by atoms with Crippen molar-refractivity contribution in [3.8, 4) is 0 Å². The van der Waals surface area contributed by atoms with Gasteiger partial charge in [0.05, 0.1) is 6.61 Å². The molecule has 4 unspecified atom stereocenters. The van der Waals surface area contributed by atoms with Gasteiger partial charge in [0.25, 0.3) is 0 Å². The predicted molar refractivity (Wildman–Crippen MR) is 82.9 cm³/mol. The van der Waals surface area contributed by atoms with Gasteiger partial charge >= 0.3 is 13.8 Å². The monoisotopic (exact) mass is 384 g/mol. The minimum absolute atomic E-state index is 0.213. The summed E-state index contributed by atoms with van der Waals surface area (Å²) in [6.07, 6.45) is -3.79. The van der Waals surface area contributed by atoms with Crippen LogP contribution in [0.3, 0.4) is 0 Å². The largest absolute Gasteiger partial charge is 0.479 e. The van der Waals surface area contributed by atoms with Crippen molar-refractivity contribution >= 4 is 13.8 Å². The third-order valence-electron chi connectivity index (χ3n) is 3.76. The molecule has 4 atom stereocenters. The second-order valence-electron chi connectivity index (χ2n) is 6.61. The van der Waals surface area contributed by atoms with Crippen LogP contribution in [-0.4, -0.2) is 67.9 Å². The van der Waals surface area contributed by atoms with Gasteiger partial charge in [0.1, 0.15) is 18.3 Å². The summed E-state index contributed by atoms with van der Waals surface area (Å²) in [4.78, 5) is 11.6. The molecule has 0 saturated carbocycles. The van der Waals surface area contributed by atoms with Gasteiger partial charge in [-0.05, 0) is 27.7 Å². The SMILES string of the molecule is COP(=O)(OC)OCC1OC(C)(C)OC2C(C(=O)O)OC(C)(C)OC12. The molecule has 2 rings (SSSR count). The second-order valence-corrected chi connectivity index (χ2v) is 8.49. The fourth-order valence-electron chi connectivity index (χ4n) is 2.84. The zero-order valence-electron chi connectivity index (χ0n) is 15.1. The molecule has 2 saturated heterocycles. The van der Waals surface area contributed by atoms with Gasteiger partial charge in [-0.15, -0.1) is 0 Å². The molecule has 0 aromatic heterocycles. The quantitative estimate of drug-likeness (QED) is 0.675. The molecule has 0 spiro atoms. The van der Waals surface area contributed by atoms with Crippen LogP contribution >= 0.6 is 7.82 Å². The van der Waals surface area contributed by atoms with Crippen LogP contribution in [0.2, 0.25) is 0 Å².